The molecule has 1 aliphatic heterocycles. The molecule has 0 aromatic heterocycles. The summed E-state index contributed by atoms with van der Waals surface area (Å²) in [7, 11) is 0. The fraction of sp³-hybridized carbons (Fsp3) is 0.273. The first-order valence-corrected chi connectivity index (χ1v) is 8.92. The Labute approximate surface area is 148 Å². The van der Waals surface area contributed by atoms with Crippen molar-refractivity contribution in [2.45, 2.75) is 19.3 Å². The predicted molar refractivity (Wildman–Crippen MR) is 99.0 cm³/mol. The Morgan fingerprint density at radius 3 is 2.28 bits per heavy atom. The van der Waals surface area contributed by atoms with Crippen LogP contribution < -0.4 is 0 Å². The molecule has 3 nitrogen and oxygen atoms in total. The van der Waals surface area contributed by atoms with E-state index in [0.717, 1.165) is 48.2 Å². The van der Waals surface area contributed by atoms with E-state index in [1.807, 2.05) is 59.5 Å². The van der Waals surface area contributed by atoms with Crippen LogP contribution in [0.15, 0.2) is 54.6 Å². The van der Waals surface area contributed by atoms with Crippen LogP contribution >= 0.6 is 0 Å². The van der Waals surface area contributed by atoms with Gasteiger partial charge < -0.3 is 4.90 Å². The molecular weight excluding hydrogens is 310 g/mol. The van der Waals surface area contributed by atoms with Gasteiger partial charge in [0.05, 0.1) is 5.92 Å². The van der Waals surface area contributed by atoms with E-state index in [-0.39, 0.29) is 24.0 Å². The van der Waals surface area contributed by atoms with E-state index in [1.54, 1.807) is 0 Å². The van der Waals surface area contributed by atoms with Crippen LogP contribution in [0.25, 0.3) is 11.6 Å². The molecule has 3 heteroatoms. The van der Waals surface area contributed by atoms with E-state index in [1.165, 1.54) is 0 Å². The zero-order valence-corrected chi connectivity index (χ0v) is 14.2. The van der Waals surface area contributed by atoms with E-state index in [2.05, 4.69) is 6.08 Å². The zero-order valence-electron chi connectivity index (χ0n) is 14.2. The largest absolute Gasteiger partial charge is 0.342 e. The Morgan fingerprint density at radius 1 is 0.920 bits per heavy atom. The summed E-state index contributed by atoms with van der Waals surface area (Å²) in [6, 6.07) is 17.7. The van der Waals surface area contributed by atoms with Crippen LogP contribution in [0.4, 0.5) is 0 Å². The van der Waals surface area contributed by atoms with Gasteiger partial charge in [-0.2, -0.15) is 0 Å². The van der Waals surface area contributed by atoms with Crippen molar-refractivity contribution in [2.75, 3.05) is 13.1 Å². The molecule has 2 aromatic carbocycles. The molecule has 0 N–H and O–H groups in total. The highest BCUT2D eigenvalue weighted by atomic mass is 16.2. The number of carbonyl (C=O) groups is 2. The summed E-state index contributed by atoms with van der Waals surface area (Å²) in [5.74, 6) is -0.207. The van der Waals surface area contributed by atoms with Gasteiger partial charge in [0.1, 0.15) is 0 Å². The lowest BCUT2D eigenvalue weighted by atomic mass is 9.77. The second kappa shape index (κ2) is 6.67. The van der Waals surface area contributed by atoms with Crippen LogP contribution in [0.5, 0.6) is 0 Å². The third kappa shape index (κ3) is 3.02. The third-order valence-electron chi connectivity index (χ3n) is 5.14. The number of hydrogen-bond donors (Lipinski definition) is 0. The Balaban J connectivity index is 1.81. The molecule has 1 heterocycles. The van der Waals surface area contributed by atoms with Crippen molar-refractivity contribution in [1.29, 1.82) is 0 Å². The van der Waals surface area contributed by atoms with E-state index in [9.17, 15) is 9.59 Å². The molecule has 4 rings (SSSR count). The summed E-state index contributed by atoms with van der Waals surface area (Å²) < 4.78 is 0. The molecule has 1 aliphatic carbocycles. The van der Waals surface area contributed by atoms with Crippen molar-refractivity contribution in [3.8, 4) is 0 Å². The number of fused-ring (bicyclic) bond motifs is 1. The minimum Gasteiger partial charge on any atom is -0.342 e. The van der Waals surface area contributed by atoms with Gasteiger partial charge in [-0.1, -0.05) is 60.7 Å². The molecule has 25 heavy (non-hydrogen) atoms. The number of benzene rings is 2. The molecule has 0 bridgehead atoms. The smallest absolute Gasteiger partial charge is 0.230 e. The molecule has 2 aliphatic rings. The normalized spacial score (nSPS) is 21.4. The van der Waals surface area contributed by atoms with Crippen LogP contribution in [0.3, 0.4) is 0 Å². The quantitative estimate of drug-likeness (QED) is 0.832. The van der Waals surface area contributed by atoms with Gasteiger partial charge in [0.2, 0.25) is 5.91 Å². The molecule has 1 atom stereocenters. The number of rotatable bonds is 2. The van der Waals surface area contributed by atoms with Crippen LogP contribution in [0.2, 0.25) is 0 Å². The maximum atomic E-state index is 13.1. The lowest BCUT2D eigenvalue weighted by Crippen LogP contribution is -2.37. The van der Waals surface area contributed by atoms with E-state index >= 15 is 0 Å². The van der Waals surface area contributed by atoms with Gasteiger partial charge in [-0.05, 0) is 29.5 Å². The van der Waals surface area contributed by atoms with Gasteiger partial charge in [0.15, 0.2) is 5.78 Å². The molecule has 0 saturated carbocycles. The highest BCUT2D eigenvalue weighted by molar-refractivity contribution is 6.12. The highest BCUT2D eigenvalue weighted by Gasteiger charge is 2.36. The molecule has 2 aromatic rings. The first-order chi connectivity index (χ1) is 12.2. The van der Waals surface area contributed by atoms with E-state index < -0.39 is 0 Å². The van der Waals surface area contributed by atoms with Gasteiger partial charge in [-0.15, -0.1) is 0 Å². The first kappa shape index (κ1) is 15.8. The molecule has 0 spiro atoms. The SMILES string of the molecule is O=C1C[C@H](C(=O)N2CCCC2)/C(=C\c2ccccc2)c2ccccc21. The van der Waals surface area contributed by atoms with Gasteiger partial charge >= 0.3 is 0 Å². The number of Topliss-reactive ketones (excluding diaryl/α,β-unsaturated/α-hetero) is 1. The molecule has 0 radical (unpaired) electrons. The predicted octanol–water partition coefficient (Wildman–Crippen LogP) is 4.05. The van der Waals surface area contributed by atoms with Gasteiger partial charge in [0.25, 0.3) is 0 Å². The number of hydrogen-bond acceptors (Lipinski definition) is 2. The maximum absolute atomic E-state index is 13.1. The minimum absolute atomic E-state index is 0.0679. The number of likely N-dealkylation sites (tertiary alicyclic amines) is 1. The monoisotopic (exact) mass is 331 g/mol. The van der Waals surface area contributed by atoms with Crippen molar-refractivity contribution in [3.63, 3.8) is 0 Å². The molecule has 1 saturated heterocycles. The average molecular weight is 331 g/mol. The Kier molecular flexibility index (Phi) is 4.22. The van der Waals surface area contributed by atoms with E-state index in [0.29, 0.717) is 0 Å². The van der Waals surface area contributed by atoms with Crippen molar-refractivity contribution in [1.82, 2.24) is 4.90 Å². The van der Waals surface area contributed by atoms with Crippen molar-refractivity contribution in [3.05, 3.63) is 71.3 Å². The minimum atomic E-state index is -0.374. The third-order valence-corrected chi connectivity index (χ3v) is 5.14. The second-order valence-corrected chi connectivity index (χ2v) is 6.77. The number of carbonyl (C=O) groups excluding carboxylic acids is 2. The van der Waals surface area contributed by atoms with Crippen LogP contribution in [0.1, 0.15) is 40.7 Å². The lowest BCUT2D eigenvalue weighted by molar-refractivity contribution is -0.132. The summed E-state index contributed by atoms with van der Waals surface area (Å²) in [6.07, 6.45) is 4.45. The number of nitrogens with zero attached hydrogens (tertiary/aromatic N) is 1. The Hall–Kier alpha value is -2.68. The number of ketones is 1. The van der Waals surface area contributed by atoms with Gasteiger partial charge in [0, 0.05) is 25.1 Å². The maximum Gasteiger partial charge on any atom is 0.230 e. The summed E-state index contributed by atoms with van der Waals surface area (Å²) in [5.41, 5.74) is 3.66. The van der Waals surface area contributed by atoms with Crippen molar-refractivity contribution < 1.29 is 9.59 Å². The molecule has 0 unspecified atom stereocenters. The fourth-order valence-electron chi connectivity index (χ4n) is 3.86. The van der Waals surface area contributed by atoms with Crippen molar-refractivity contribution in [2.24, 2.45) is 5.92 Å². The lowest BCUT2D eigenvalue weighted by Gasteiger charge is -2.29. The summed E-state index contributed by atoms with van der Waals surface area (Å²) in [5, 5.41) is 0. The molecular formula is C22H21NO2. The van der Waals surface area contributed by atoms with Gasteiger partial charge in [-0.25, -0.2) is 0 Å². The Bertz CT molecular complexity index is 832. The molecule has 126 valence electrons. The second-order valence-electron chi connectivity index (χ2n) is 6.77. The van der Waals surface area contributed by atoms with E-state index in [4.69, 9.17) is 0 Å². The van der Waals surface area contributed by atoms with Gasteiger partial charge in [-0.3, -0.25) is 9.59 Å². The fourth-order valence-corrected chi connectivity index (χ4v) is 3.86. The van der Waals surface area contributed by atoms with Crippen LogP contribution in [-0.4, -0.2) is 29.7 Å². The number of amides is 1. The summed E-state index contributed by atoms with van der Waals surface area (Å²) >= 11 is 0. The zero-order chi connectivity index (χ0) is 17.2. The van der Waals surface area contributed by atoms with Crippen molar-refractivity contribution >= 4 is 23.3 Å². The Morgan fingerprint density at radius 2 is 1.56 bits per heavy atom. The summed E-state index contributed by atoms with van der Waals surface area (Å²) in [6.45, 7) is 1.62. The summed E-state index contributed by atoms with van der Waals surface area (Å²) in [4.78, 5) is 27.6. The topological polar surface area (TPSA) is 37.4 Å². The first-order valence-electron chi connectivity index (χ1n) is 8.92. The molecule has 1 fully saturated rings. The standard InChI is InChI=1S/C22H21NO2/c24-21-15-20(22(25)23-12-6-7-13-23)19(14-16-8-2-1-3-9-16)17-10-4-5-11-18(17)21/h1-5,8-11,14,20H,6-7,12-13,15H2/b19-14-/t20-/m0/s1. The highest BCUT2D eigenvalue weighted by Crippen LogP contribution is 2.38. The van der Waals surface area contributed by atoms with Crippen LogP contribution in [-0.2, 0) is 4.79 Å². The average Bonchev–Trinajstić information content (AvgIpc) is 3.19. The molecule has 1 amide bonds. The van der Waals surface area contributed by atoms with Crippen LogP contribution in [0, 0.1) is 5.92 Å².